The summed E-state index contributed by atoms with van der Waals surface area (Å²) in [4.78, 5) is 20.4. The van der Waals surface area contributed by atoms with E-state index in [1.807, 2.05) is 55.5 Å². The van der Waals surface area contributed by atoms with E-state index in [1.165, 1.54) is 0 Å². The number of nitrogens with zero attached hydrogens (tertiary/aromatic N) is 2. The first-order chi connectivity index (χ1) is 13.5. The maximum Gasteiger partial charge on any atom is 0.145 e. The van der Waals surface area contributed by atoms with Crippen LogP contribution in [0.3, 0.4) is 0 Å². The average molecular weight is 391 g/mol. The summed E-state index contributed by atoms with van der Waals surface area (Å²) >= 11 is 6.44. The molecule has 5 heteroatoms. The van der Waals surface area contributed by atoms with Crippen LogP contribution in [-0.4, -0.2) is 23.0 Å². The van der Waals surface area contributed by atoms with Crippen LogP contribution in [0.1, 0.15) is 23.7 Å². The molecule has 0 atom stereocenters. The summed E-state index contributed by atoms with van der Waals surface area (Å²) in [6, 6.07) is 11.5. The standard InChI is InChI=1S/C23H19ClN2O2/c1-14-13-26-16(10-15(2)27)11-18(14)22-12-19(21-8-5-9-25-21)23(28-22)17-6-3-4-7-20(17)24/h3-8,11-13H,9-10H2,1-2H3. The van der Waals surface area contributed by atoms with Crippen LogP contribution in [-0.2, 0) is 11.2 Å². The first-order valence-corrected chi connectivity index (χ1v) is 9.46. The Bertz CT molecular complexity index is 1130. The van der Waals surface area contributed by atoms with Gasteiger partial charge in [0.2, 0.25) is 0 Å². The number of hydrogen-bond donors (Lipinski definition) is 0. The Morgan fingerprint density at radius 1 is 1.18 bits per heavy atom. The Hall–Kier alpha value is -2.98. The van der Waals surface area contributed by atoms with Gasteiger partial charge in [0.1, 0.15) is 17.3 Å². The van der Waals surface area contributed by atoms with Gasteiger partial charge < -0.3 is 4.42 Å². The van der Waals surface area contributed by atoms with E-state index in [0.29, 0.717) is 29.5 Å². The van der Waals surface area contributed by atoms with Gasteiger partial charge in [0.05, 0.1) is 17.3 Å². The molecule has 28 heavy (non-hydrogen) atoms. The molecule has 0 N–H and O–H groups in total. The highest BCUT2D eigenvalue weighted by atomic mass is 35.5. The van der Waals surface area contributed by atoms with Crippen molar-refractivity contribution in [2.45, 2.75) is 20.3 Å². The molecule has 1 aromatic carbocycles. The molecule has 0 spiro atoms. The van der Waals surface area contributed by atoms with E-state index in [2.05, 4.69) is 9.98 Å². The van der Waals surface area contributed by atoms with Gasteiger partial charge in [0, 0.05) is 35.0 Å². The monoisotopic (exact) mass is 390 g/mol. The Balaban J connectivity index is 1.88. The number of halogens is 1. The summed E-state index contributed by atoms with van der Waals surface area (Å²) in [7, 11) is 0. The second-order valence-electron chi connectivity index (χ2n) is 6.83. The molecule has 0 fully saturated rings. The van der Waals surface area contributed by atoms with Crippen molar-refractivity contribution in [1.82, 2.24) is 4.98 Å². The number of benzene rings is 1. The van der Waals surface area contributed by atoms with Crippen molar-refractivity contribution in [2.75, 3.05) is 6.54 Å². The summed E-state index contributed by atoms with van der Waals surface area (Å²) in [6.45, 7) is 4.20. The van der Waals surface area contributed by atoms with Crippen molar-refractivity contribution in [3.05, 3.63) is 76.6 Å². The fourth-order valence-corrected chi connectivity index (χ4v) is 3.51. The Morgan fingerprint density at radius 3 is 2.71 bits per heavy atom. The van der Waals surface area contributed by atoms with E-state index in [-0.39, 0.29) is 5.78 Å². The largest absolute Gasteiger partial charge is 0.455 e. The number of Topliss-reactive ketones (excluding diaryl/α,β-unsaturated/α-hetero) is 1. The highest BCUT2D eigenvalue weighted by Gasteiger charge is 2.21. The maximum atomic E-state index is 11.5. The first kappa shape index (κ1) is 18.4. The van der Waals surface area contributed by atoms with Gasteiger partial charge in [-0.15, -0.1) is 0 Å². The molecule has 0 bridgehead atoms. The number of allylic oxidation sites excluding steroid dienone is 1. The van der Waals surface area contributed by atoms with Gasteiger partial charge in [-0.05, 0) is 49.8 Å². The Morgan fingerprint density at radius 2 is 2.00 bits per heavy atom. The highest BCUT2D eigenvalue weighted by molar-refractivity contribution is 6.33. The van der Waals surface area contributed by atoms with Crippen molar-refractivity contribution < 1.29 is 9.21 Å². The van der Waals surface area contributed by atoms with Gasteiger partial charge in [-0.25, -0.2) is 0 Å². The van der Waals surface area contributed by atoms with Crippen LogP contribution in [0.15, 0.2) is 64.2 Å². The number of aromatic nitrogens is 1. The maximum absolute atomic E-state index is 11.5. The van der Waals surface area contributed by atoms with Crippen molar-refractivity contribution >= 4 is 23.1 Å². The molecule has 1 aliphatic heterocycles. The Kier molecular flexibility index (Phi) is 4.97. The van der Waals surface area contributed by atoms with E-state index >= 15 is 0 Å². The summed E-state index contributed by atoms with van der Waals surface area (Å²) in [5.74, 6) is 1.47. The number of carbonyl (C=O) groups is 1. The van der Waals surface area contributed by atoms with Gasteiger partial charge >= 0.3 is 0 Å². The highest BCUT2D eigenvalue weighted by Crippen LogP contribution is 2.38. The number of carbonyl (C=O) groups excluding carboxylic acids is 1. The summed E-state index contributed by atoms with van der Waals surface area (Å²) in [5, 5.41) is 0.621. The zero-order valence-electron chi connectivity index (χ0n) is 15.7. The van der Waals surface area contributed by atoms with E-state index in [1.54, 1.807) is 13.1 Å². The first-order valence-electron chi connectivity index (χ1n) is 9.08. The van der Waals surface area contributed by atoms with E-state index in [9.17, 15) is 4.79 Å². The van der Waals surface area contributed by atoms with Crippen molar-refractivity contribution in [1.29, 1.82) is 0 Å². The van der Waals surface area contributed by atoms with Crippen LogP contribution < -0.4 is 0 Å². The van der Waals surface area contributed by atoms with E-state index < -0.39 is 0 Å². The van der Waals surface area contributed by atoms with E-state index in [4.69, 9.17) is 16.0 Å². The average Bonchev–Trinajstić information content (AvgIpc) is 3.32. The van der Waals surface area contributed by atoms with Crippen LogP contribution >= 0.6 is 11.6 Å². The second kappa shape index (κ2) is 7.56. The van der Waals surface area contributed by atoms with Crippen molar-refractivity contribution in [2.24, 2.45) is 4.99 Å². The summed E-state index contributed by atoms with van der Waals surface area (Å²) in [5.41, 5.74) is 5.21. The lowest BCUT2D eigenvalue weighted by atomic mass is 10.0. The fraction of sp³-hybridized carbons (Fsp3) is 0.174. The minimum Gasteiger partial charge on any atom is -0.455 e. The van der Waals surface area contributed by atoms with Crippen molar-refractivity contribution in [3.8, 4) is 22.6 Å². The molecule has 1 aliphatic rings. The van der Waals surface area contributed by atoms with Gasteiger partial charge in [0.25, 0.3) is 0 Å². The molecule has 0 saturated heterocycles. The number of furan rings is 1. The van der Waals surface area contributed by atoms with Crippen molar-refractivity contribution in [3.63, 3.8) is 0 Å². The molecular formula is C23H19ClN2O2. The number of rotatable bonds is 5. The van der Waals surface area contributed by atoms with Gasteiger partial charge in [-0.3, -0.25) is 14.8 Å². The molecule has 2 aromatic heterocycles. The molecule has 0 amide bonds. The van der Waals surface area contributed by atoms with Gasteiger partial charge in [0.15, 0.2) is 0 Å². The lowest BCUT2D eigenvalue weighted by Crippen LogP contribution is -2.00. The van der Waals surface area contributed by atoms with Crippen LogP contribution in [0, 0.1) is 6.92 Å². The minimum absolute atomic E-state index is 0.0737. The molecule has 4 nitrogen and oxygen atoms in total. The number of pyridine rings is 1. The zero-order valence-corrected chi connectivity index (χ0v) is 16.5. The normalized spacial score (nSPS) is 13.0. The predicted octanol–water partition coefficient (Wildman–Crippen LogP) is 5.46. The molecule has 0 radical (unpaired) electrons. The summed E-state index contributed by atoms with van der Waals surface area (Å²) < 4.78 is 6.31. The van der Waals surface area contributed by atoms with Crippen LogP contribution in [0.5, 0.6) is 0 Å². The Labute approximate surface area is 168 Å². The zero-order chi connectivity index (χ0) is 19.7. The third kappa shape index (κ3) is 3.56. The molecule has 140 valence electrons. The topological polar surface area (TPSA) is 55.5 Å². The lowest BCUT2D eigenvalue weighted by molar-refractivity contribution is -0.116. The molecule has 0 unspecified atom stereocenters. The number of aliphatic imine (C=N–C) groups is 1. The quantitative estimate of drug-likeness (QED) is 0.581. The fourth-order valence-electron chi connectivity index (χ4n) is 3.29. The molecule has 0 saturated carbocycles. The number of ketones is 1. The SMILES string of the molecule is CC(=O)Cc1cc(-c2cc(C3=NCC=C3)c(-c3ccccc3Cl)o2)c(C)cn1. The van der Waals surface area contributed by atoms with E-state index in [0.717, 1.165) is 33.7 Å². The number of aryl methyl sites for hydroxylation is 1. The van der Waals surface area contributed by atoms with Gasteiger partial charge in [-0.1, -0.05) is 29.8 Å². The number of hydrogen-bond acceptors (Lipinski definition) is 4. The van der Waals surface area contributed by atoms with Crippen LogP contribution in [0.4, 0.5) is 0 Å². The predicted molar refractivity (Wildman–Crippen MR) is 112 cm³/mol. The third-order valence-corrected chi connectivity index (χ3v) is 4.95. The lowest BCUT2D eigenvalue weighted by Gasteiger charge is -2.06. The molecule has 3 aromatic rings. The smallest absolute Gasteiger partial charge is 0.145 e. The second-order valence-corrected chi connectivity index (χ2v) is 7.24. The van der Waals surface area contributed by atoms with Crippen LogP contribution in [0.2, 0.25) is 5.02 Å². The molecule has 4 rings (SSSR count). The minimum atomic E-state index is 0.0737. The van der Waals surface area contributed by atoms with Gasteiger partial charge in [-0.2, -0.15) is 0 Å². The molecule has 0 aliphatic carbocycles. The third-order valence-electron chi connectivity index (χ3n) is 4.62. The van der Waals surface area contributed by atoms with Crippen LogP contribution in [0.25, 0.3) is 22.6 Å². The summed E-state index contributed by atoms with van der Waals surface area (Å²) in [6.07, 6.45) is 6.09. The molecular weight excluding hydrogens is 372 g/mol. The molecule has 3 heterocycles.